The lowest BCUT2D eigenvalue weighted by atomic mass is 10.1. The second kappa shape index (κ2) is 9.09. The van der Waals surface area contributed by atoms with E-state index in [-0.39, 0.29) is 25.1 Å². The second-order valence-corrected chi connectivity index (χ2v) is 8.21. The molecular weight excluding hydrogens is 371 g/mol. The highest BCUT2D eigenvalue weighted by atomic mass is 32.1. The zero-order chi connectivity index (χ0) is 20.2. The number of nitrogens with one attached hydrogen (secondary N) is 1. The van der Waals surface area contributed by atoms with Crippen molar-refractivity contribution < 1.29 is 9.13 Å². The van der Waals surface area contributed by atoms with Crippen molar-refractivity contribution in [2.75, 3.05) is 26.9 Å². The van der Waals surface area contributed by atoms with Crippen LogP contribution in [0.4, 0.5) is 4.39 Å². The molecule has 2 rings (SSSR count). The van der Waals surface area contributed by atoms with E-state index in [0.717, 1.165) is 10.4 Å². The summed E-state index contributed by atoms with van der Waals surface area (Å²) in [6.07, 6.45) is 0.221. The van der Waals surface area contributed by atoms with E-state index in [2.05, 4.69) is 5.32 Å². The molecule has 0 aliphatic heterocycles. The molecule has 3 N–H and O–H groups in total. The Balaban J connectivity index is 2.68. The summed E-state index contributed by atoms with van der Waals surface area (Å²) in [6, 6.07) is 0. The number of alkyl halides is 1. The molecule has 0 fully saturated rings. The molecule has 0 spiro atoms. The van der Waals surface area contributed by atoms with E-state index < -0.39 is 18.0 Å². The van der Waals surface area contributed by atoms with Crippen LogP contribution in [-0.2, 0) is 24.4 Å². The molecule has 0 radical (unpaired) electrons. The van der Waals surface area contributed by atoms with Crippen molar-refractivity contribution in [1.29, 1.82) is 0 Å². The number of methoxy groups -OCH3 is 1. The summed E-state index contributed by atoms with van der Waals surface area (Å²) in [5, 5.41) is 3.74. The Kier molecular flexibility index (Phi) is 7.32. The minimum Gasteiger partial charge on any atom is -0.377 e. The number of thiophene rings is 1. The highest BCUT2D eigenvalue weighted by Gasteiger charge is 2.24. The molecule has 0 atom stereocenters. The summed E-state index contributed by atoms with van der Waals surface area (Å²) in [4.78, 5) is 27.7. The van der Waals surface area contributed by atoms with Gasteiger partial charge in [-0.05, 0) is 32.8 Å². The van der Waals surface area contributed by atoms with Gasteiger partial charge in [0.05, 0.1) is 24.2 Å². The molecule has 2 heterocycles. The number of hydrogen-bond acceptors (Lipinski definition) is 6. The van der Waals surface area contributed by atoms with Crippen LogP contribution in [0.1, 0.15) is 30.7 Å². The van der Waals surface area contributed by atoms with Crippen molar-refractivity contribution in [3.63, 3.8) is 0 Å². The first-order valence-corrected chi connectivity index (χ1v) is 9.86. The molecule has 152 valence electrons. The lowest BCUT2D eigenvalue weighted by Gasteiger charge is -2.24. The molecule has 0 unspecified atom stereocenters. The standard InChI is InChI=1S/C18H29FN4O3S/c1-12-13(10-21-8-7-20)27-16-14(12)15(24)23(11-18(2,3)26-4)17(25)22(16)9-5-6-19/h21H,5-11,20H2,1-4H3. The van der Waals surface area contributed by atoms with E-state index in [1.165, 1.54) is 20.5 Å². The Labute approximate surface area is 161 Å². The first kappa shape index (κ1) is 21.7. The number of hydrogen-bond donors (Lipinski definition) is 2. The second-order valence-electron chi connectivity index (χ2n) is 7.13. The third kappa shape index (κ3) is 4.66. The SMILES string of the molecule is COC(C)(C)Cn1c(=O)c2c(C)c(CNCCN)sc2n(CCCF)c1=O. The van der Waals surface area contributed by atoms with Gasteiger partial charge in [0.2, 0.25) is 0 Å². The maximum Gasteiger partial charge on any atom is 0.332 e. The van der Waals surface area contributed by atoms with Crippen LogP contribution in [0.2, 0.25) is 0 Å². The van der Waals surface area contributed by atoms with Gasteiger partial charge in [0.25, 0.3) is 5.56 Å². The van der Waals surface area contributed by atoms with Crippen molar-refractivity contribution in [2.24, 2.45) is 5.73 Å². The predicted molar refractivity (Wildman–Crippen MR) is 108 cm³/mol. The predicted octanol–water partition coefficient (Wildman–Crippen LogP) is 1.37. The maximum atomic E-state index is 13.1. The third-order valence-electron chi connectivity index (χ3n) is 4.61. The van der Waals surface area contributed by atoms with Crippen LogP contribution in [0.3, 0.4) is 0 Å². The minimum atomic E-state index is -0.677. The number of ether oxygens (including phenoxy) is 1. The fraction of sp³-hybridized carbons (Fsp3) is 0.667. The van der Waals surface area contributed by atoms with Crippen LogP contribution < -0.4 is 22.3 Å². The molecule has 0 saturated carbocycles. The molecule has 27 heavy (non-hydrogen) atoms. The number of halogens is 1. The van der Waals surface area contributed by atoms with E-state index in [4.69, 9.17) is 10.5 Å². The van der Waals surface area contributed by atoms with Crippen molar-refractivity contribution >= 4 is 21.6 Å². The summed E-state index contributed by atoms with van der Waals surface area (Å²) in [6.45, 7) is 7.11. The maximum absolute atomic E-state index is 13.1. The molecule has 0 aliphatic rings. The number of aryl methyl sites for hydroxylation is 2. The van der Waals surface area contributed by atoms with Crippen molar-refractivity contribution in [1.82, 2.24) is 14.5 Å². The summed E-state index contributed by atoms with van der Waals surface area (Å²) >= 11 is 1.40. The van der Waals surface area contributed by atoms with Gasteiger partial charge in [-0.25, -0.2) is 4.79 Å². The van der Waals surface area contributed by atoms with Crippen LogP contribution in [0.5, 0.6) is 0 Å². The number of rotatable bonds is 10. The van der Waals surface area contributed by atoms with Gasteiger partial charge in [0.1, 0.15) is 4.83 Å². The molecule has 2 aromatic heterocycles. The average Bonchev–Trinajstić information content (AvgIpc) is 2.95. The minimum absolute atomic E-state index is 0.128. The van der Waals surface area contributed by atoms with Gasteiger partial charge in [0.15, 0.2) is 0 Å². The van der Waals surface area contributed by atoms with Gasteiger partial charge in [-0.15, -0.1) is 11.3 Å². The molecule has 0 bridgehead atoms. The fourth-order valence-corrected chi connectivity index (χ4v) is 4.20. The molecule has 0 aliphatic carbocycles. The van der Waals surface area contributed by atoms with Gasteiger partial charge in [-0.2, -0.15) is 0 Å². The van der Waals surface area contributed by atoms with Gasteiger partial charge in [0, 0.05) is 38.2 Å². The molecule has 0 amide bonds. The Bertz CT molecular complexity index is 901. The Morgan fingerprint density at radius 3 is 2.59 bits per heavy atom. The molecule has 7 nitrogen and oxygen atoms in total. The van der Waals surface area contributed by atoms with Crippen molar-refractivity contribution in [2.45, 2.75) is 52.4 Å². The van der Waals surface area contributed by atoms with E-state index in [1.807, 2.05) is 20.8 Å². The van der Waals surface area contributed by atoms with Crippen LogP contribution in [0.15, 0.2) is 9.59 Å². The number of nitrogens with zero attached hydrogens (tertiary/aromatic N) is 2. The molecule has 9 heteroatoms. The summed E-state index contributed by atoms with van der Waals surface area (Å²) in [7, 11) is 1.54. The first-order chi connectivity index (χ1) is 12.8. The summed E-state index contributed by atoms with van der Waals surface area (Å²) < 4.78 is 20.9. The van der Waals surface area contributed by atoms with E-state index in [0.29, 0.717) is 29.9 Å². The van der Waals surface area contributed by atoms with Crippen LogP contribution in [0, 0.1) is 6.92 Å². The number of aromatic nitrogens is 2. The van der Waals surface area contributed by atoms with Crippen molar-refractivity contribution in [3.05, 3.63) is 31.3 Å². The first-order valence-electron chi connectivity index (χ1n) is 9.05. The number of fused-ring (bicyclic) bond motifs is 1. The van der Waals surface area contributed by atoms with Gasteiger partial charge in [-0.3, -0.25) is 18.3 Å². The highest BCUT2D eigenvalue weighted by Crippen LogP contribution is 2.28. The van der Waals surface area contributed by atoms with Gasteiger partial charge in [-0.1, -0.05) is 0 Å². The van der Waals surface area contributed by atoms with Gasteiger partial charge >= 0.3 is 5.69 Å². The third-order valence-corrected chi connectivity index (χ3v) is 5.92. The number of nitrogens with two attached hydrogens (primary N) is 1. The fourth-order valence-electron chi connectivity index (χ4n) is 2.91. The van der Waals surface area contributed by atoms with E-state index in [1.54, 1.807) is 7.11 Å². The van der Waals surface area contributed by atoms with Crippen LogP contribution in [-0.4, -0.2) is 41.6 Å². The normalized spacial score (nSPS) is 12.2. The zero-order valence-corrected chi connectivity index (χ0v) is 17.2. The zero-order valence-electron chi connectivity index (χ0n) is 16.4. The largest absolute Gasteiger partial charge is 0.377 e. The van der Waals surface area contributed by atoms with E-state index >= 15 is 0 Å². The monoisotopic (exact) mass is 400 g/mol. The molecule has 2 aromatic rings. The Morgan fingerprint density at radius 2 is 2.00 bits per heavy atom. The smallest absolute Gasteiger partial charge is 0.332 e. The van der Waals surface area contributed by atoms with Crippen LogP contribution >= 0.6 is 11.3 Å². The highest BCUT2D eigenvalue weighted by molar-refractivity contribution is 7.18. The summed E-state index contributed by atoms with van der Waals surface area (Å²) in [5.41, 5.74) is 4.94. The average molecular weight is 401 g/mol. The summed E-state index contributed by atoms with van der Waals surface area (Å²) in [5.74, 6) is 0. The van der Waals surface area contributed by atoms with E-state index in [9.17, 15) is 14.0 Å². The quantitative estimate of drug-likeness (QED) is 0.588. The Morgan fingerprint density at radius 1 is 1.30 bits per heavy atom. The van der Waals surface area contributed by atoms with Gasteiger partial charge < -0.3 is 15.8 Å². The molecule has 0 saturated heterocycles. The van der Waals surface area contributed by atoms with Crippen molar-refractivity contribution in [3.8, 4) is 0 Å². The lowest BCUT2D eigenvalue weighted by Crippen LogP contribution is -2.45. The molecule has 0 aromatic carbocycles. The molecular formula is C18H29FN4O3S. The topological polar surface area (TPSA) is 91.3 Å². The lowest BCUT2D eigenvalue weighted by molar-refractivity contribution is 0.00623. The Hall–Kier alpha value is -1.55. The van der Waals surface area contributed by atoms with Crippen LogP contribution in [0.25, 0.3) is 10.2 Å².